The van der Waals surface area contributed by atoms with Crippen LogP contribution < -0.4 is 5.73 Å². The van der Waals surface area contributed by atoms with Crippen LogP contribution in [0.5, 0.6) is 0 Å². The summed E-state index contributed by atoms with van der Waals surface area (Å²) in [6.07, 6.45) is -3.37. The molecule has 1 atom stereocenters. The van der Waals surface area contributed by atoms with E-state index in [9.17, 15) is 18.0 Å². The van der Waals surface area contributed by atoms with Crippen LogP contribution in [0.25, 0.3) is 0 Å². The molecule has 0 aliphatic heterocycles. The molecule has 0 aromatic heterocycles. The van der Waals surface area contributed by atoms with Crippen LogP contribution in [0.1, 0.15) is 24.5 Å². The van der Waals surface area contributed by atoms with Crippen LogP contribution in [0, 0.1) is 5.92 Å². The lowest BCUT2D eigenvalue weighted by Gasteiger charge is -2.12. The van der Waals surface area contributed by atoms with Gasteiger partial charge in [-0.05, 0) is 30.5 Å². The molecule has 5 heteroatoms. The Labute approximate surface area is 97.6 Å². The first kappa shape index (κ1) is 13.5. The molecule has 1 aromatic rings. The first-order valence-corrected chi connectivity index (χ1v) is 5.30. The monoisotopic (exact) mass is 245 g/mol. The fraction of sp³-hybridized carbons (Fsp3) is 0.417. The number of rotatable bonds is 4. The predicted molar refractivity (Wildman–Crippen MR) is 58.1 cm³/mol. The first-order valence-electron chi connectivity index (χ1n) is 5.30. The van der Waals surface area contributed by atoms with E-state index in [1.54, 1.807) is 0 Å². The topological polar surface area (TPSA) is 43.1 Å². The summed E-state index contributed by atoms with van der Waals surface area (Å²) in [5.41, 5.74) is 5.17. The van der Waals surface area contributed by atoms with E-state index >= 15 is 0 Å². The molecule has 1 amide bonds. The molecule has 0 heterocycles. The number of carbonyl (C=O) groups excluding carboxylic acids is 1. The van der Waals surface area contributed by atoms with E-state index in [0.717, 1.165) is 12.1 Å². The molecular formula is C12H14F3NO. The lowest BCUT2D eigenvalue weighted by molar-refractivity contribution is -0.137. The minimum atomic E-state index is -4.33. The SMILES string of the molecule is CCC(Cc1ccc(C(F)(F)F)cc1)C(N)=O. The maximum atomic E-state index is 12.3. The van der Waals surface area contributed by atoms with Crippen molar-refractivity contribution in [3.63, 3.8) is 0 Å². The molecular weight excluding hydrogens is 231 g/mol. The van der Waals surface area contributed by atoms with Crippen LogP contribution in [0.2, 0.25) is 0 Å². The minimum absolute atomic E-state index is 0.327. The van der Waals surface area contributed by atoms with Crippen molar-refractivity contribution in [2.45, 2.75) is 25.9 Å². The number of hydrogen-bond acceptors (Lipinski definition) is 1. The van der Waals surface area contributed by atoms with Gasteiger partial charge in [-0.2, -0.15) is 13.2 Å². The van der Waals surface area contributed by atoms with Gasteiger partial charge in [0.05, 0.1) is 5.56 Å². The fourth-order valence-corrected chi connectivity index (χ4v) is 1.56. The van der Waals surface area contributed by atoms with E-state index in [2.05, 4.69) is 0 Å². The molecule has 1 rings (SSSR count). The third kappa shape index (κ3) is 3.76. The van der Waals surface area contributed by atoms with Crippen LogP contribution in [0.15, 0.2) is 24.3 Å². The number of hydrogen-bond donors (Lipinski definition) is 1. The Kier molecular flexibility index (Phi) is 4.15. The molecule has 0 aliphatic rings. The van der Waals surface area contributed by atoms with Gasteiger partial charge in [0.1, 0.15) is 0 Å². The second kappa shape index (κ2) is 5.21. The molecule has 0 aliphatic carbocycles. The van der Waals surface area contributed by atoms with E-state index in [4.69, 9.17) is 5.73 Å². The minimum Gasteiger partial charge on any atom is -0.369 e. The van der Waals surface area contributed by atoms with Gasteiger partial charge in [-0.25, -0.2) is 0 Å². The van der Waals surface area contributed by atoms with Gasteiger partial charge in [-0.1, -0.05) is 19.1 Å². The molecule has 1 aromatic carbocycles. The maximum Gasteiger partial charge on any atom is 0.416 e. The molecule has 0 bridgehead atoms. The second-order valence-electron chi connectivity index (χ2n) is 3.91. The summed E-state index contributed by atoms with van der Waals surface area (Å²) >= 11 is 0. The number of halogens is 3. The molecule has 0 saturated carbocycles. The highest BCUT2D eigenvalue weighted by Gasteiger charge is 2.30. The second-order valence-corrected chi connectivity index (χ2v) is 3.91. The third-order valence-electron chi connectivity index (χ3n) is 2.66. The van der Waals surface area contributed by atoms with Crippen molar-refractivity contribution < 1.29 is 18.0 Å². The number of nitrogens with two attached hydrogens (primary N) is 1. The van der Waals surface area contributed by atoms with Gasteiger partial charge >= 0.3 is 6.18 Å². The summed E-state index contributed by atoms with van der Waals surface area (Å²) in [5.74, 6) is -0.751. The highest BCUT2D eigenvalue weighted by atomic mass is 19.4. The molecule has 2 nitrogen and oxygen atoms in total. The molecule has 17 heavy (non-hydrogen) atoms. The quantitative estimate of drug-likeness (QED) is 0.870. The lowest BCUT2D eigenvalue weighted by Crippen LogP contribution is -2.24. The van der Waals surface area contributed by atoms with Crippen LogP contribution in [0.3, 0.4) is 0 Å². The standard InChI is InChI=1S/C12H14F3NO/c1-2-9(11(16)17)7-8-3-5-10(6-4-8)12(13,14)15/h3-6,9H,2,7H2,1H3,(H2,16,17). The highest BCUT2D eigenvalue weighted by molar-refractivity contribution is 5.76. The van der Waals surface area contributed by atoms with Crippen molar-refractivity contribution in [2.24, 2.45) is 11.7 Å². The van der Waals surface area contributed by atoms with Crippen LogP contribution in [-0.4, -0.2) is 5.91 Å². The van der Waals surface area contributed by atoms with E-state index in [1.165, 1.54) is 12.1 Å². The summed E-state index contributed by atoms with van der Waals surface area (Å²) < 4.78 is 36.9. The summed E-state index contributed by atoms with van der Waals surface area (Å²) in [6, 6.07) is 4.80. The van der Waals surface area contributed by atoms with Crippen molar-refractivity contribution >= 4 is 5.91 Å². The summed E-state index contributed by atoms with van der Waals surface area (Å²) in [7, 11) is 0. The molecule has 0 spiro atoms. The van der Waals surface area contributed by atoms with Gasteiger partial charge in [0.2, 0.25) is 5.91 Å². The summed E-state index contributed by atoms with van der Waals surface area (Å²) in [6.45, 7) is 1.82. The molecule has 1 unspecified atom stereocenters. The Morgan fingerprint density at radius 3 is 2.18 bits per heavy atom. The summed E-state index contributed by atoms with van der Waals surface area (Å²) in [5, 5.41) is 0. The molecule has 0 fully saturated rings. The summed E-state index contributed by atoms with van der Waals surface area (Å²) in [4.78, 5) is 11.0. The van der Waals surface area contributed by atoms with Gasteiger partial charge in [0.25, 0.3) is 0 Å². The number of carbonyl (C=O) groups is 1. The Balaban J connectivity index is 2.78. The number of alkyl halides is 3. The van der Waals surface area contributed by atoms with Crippen molar-refractivity contribution in [3.05, 3.63) is 35.4 Å². The smallest absolute Gasteiger partial charge is 0.369 e. The zero-order valence-electron chi connectivity index (χ0n) is 9.42. The Bertz CT molecular complexity index is 384. The average Bonchev–Trinajstić information content (AvgIpc) is 2.25. The Morgan fingerprint density at radius 1 is 1.29 bits per heavy atom. The Morgan fingerprint density at radius 2 is 1.82 bits per heavy atom. The first-order chi connectivity index (χ1) is 7.84. The van der Waals surface area contributed by atoms with Crippen molar-refractivity contribution in [3.8, 4) is 0 Å². The third-order valence-corrected chi connectivity index (χ3v) is 2.66. The average molecular weight is 245 g/mol. The molecule has 2 N–H and O–H groups in total. The maximum absolute atomic E-state index is 12.3. The zero-order chi connectivity index (χ0) is 13.1. The zero-order valence-corrected chi connectivity index (χ0v) is 9.42. The number of primary amides is 1. The molecule has 0 saturated heterocycles. The van der Waals surface area contributed by atoms with Gasteiger partial charge in [-0.3, -0.25) is 4.79 Å². The van der Waals surface area contributed by atoms with Gasteiger partial charge in [0, 0.05) is 5.92 Å². The van der Waals surface area contributed by atoms with Crippen molar-refractivity contribution in [1.82, 2.24) is 0 Å². The predicted octanol–water partition coefficient (Wildman–Crippen LogP) is 2.76. The lowest BCUT2D eigenvalue weighted by atomic mass is 9.96. The van der Waals surface area contributed by atoms with Crippen LogP contribution in [-0.2, 0) is 17.4 Å². The largest absolute Gasteiger partial charge is 0.416 e. The van der Waals surface area contributed by atoms with Crippen molar-refractivity contribution in [1.29, 1.82) is 0 Å². The number of benzene rings is 1. The van der Waals surface area contributed by atoms with Crippen LogP contribution in [0.4, 0.5) is 13.2 Å². The van der Waals surface area contributed by atoms with Crippen molar-refractivity contribution in [2.75, 3.05) is 0 Å². The Hall–Kier alpha value is -1.52. The molecule has 0 radical (unpaired) electrons. The normalized spacial score (nSPS) is 13.4. The van der Waals surface area contributed by atoms with Gasteiger partial charge < -0.3 is 5.73 Å². The van der Waals surface area contributed by atoms with Gasteiger partial charge in [0.15, 0.2) is 0 Å². The van der Waals surface area contributed by atoms with E-state index in [1.807, 2.05) is 6.92 Å². The van der Waals surface area contributed by atoms with Crippen LogP contribution >= 0.6 is 0 Å². The van der Waals surface area contributed by atoms with E-state index < -0.39 is 17.6 Å². The highest BCUT2D eigenvalue weighted by Crippen LogP contribution is 2.29. The molecule has 94 valence electrons. The van der Waals surface area contributed by atoms with Gasteiger partial charge in [-0.15, -0.1) is 0 Å². The number of amides is 1. The van der Waals surface area contributed by atoms with E-state index in [0.29, 0.717) is 18.4 Å². The fourth-order valence-electron chi connectivity index (χ4n) is 1.56. The van der Waals surface area contributed by atoms with E-state index in [-0.39, 0.29) is 5.92 Å².